The second-order valence-corrected chi connectivity index (χ2v) is 6.84. The van der Waals surface area contributed by atoms with Crippen molar-refractivity contribution in [3.63, 3.8) is 0 Å². The Kier molecular flexibility index (Phi) is 7.45. The van der Waals surface area contributed by atoms with E-state index >= 15 is 0 Å². The number of ether oxygens (including phenoxy) is 2. The third kappa shape index (κ3) is 5.84. The monoisotopic (exact) mass is 426 g/mol. The molecule has 156 valence electrons. The average Bonchev–Trinajstić information content (AvgIpc) is 3.26. The fourth-order valence-electron chi connectivity index (χ4n) is 2.80. The summed E-state index contributed by atoms with van der Waals surface area (Å²) in [6.07, 6.45) is 6.33. The molecule has 1 heterocycles. The highest BCUT2D eigenvalue weighted by molar-refractivity contribution is 6.32. The van der Waals surface area contributed by atoms with Gasteiger partial charge in [-0.1, -0.05) is 35.9 Å². The van der Waals surface area contributed by atoms with Gasteiger partial charge in [0.25, 0.3) is 0 Å². The number of hydrogen-bond donors (Lipinski definition) is 1. The first-order valence-corrected chi connectivity index (χ1v) is 9.83. The number of hydrogen-bond acceptors (Lipinski definition) is 5. The molecule has 3 rings (SSSR count). The van der Waals surface area contributed by atoms with E-state index in [2.05, 4.69) is 15.4 Å². The summed E-state index contributed by atoms with van der Waals surface area (Å²) in [7, 11) is 1.55. The molecule has 3 aromatic rings. The van der Waals surface area contributed by atoms with Crippen LogP contribution in [-0.2, 0) is 17.9 Å². The normalized spacial score (nSPS) is 10.9. The fourth-order valence-corrected chi connectivity index (χ4v) is 3.08. The average molecular weight is 427 g/mol. The first kappa shape index (κ1) is 21.4. The summed E-state index contributed by atoms with van der Waals surface area (Å²) < 4.78 is 12.6. The van der Waals surface area contributed by atoms with Crippen molar-refractivity contribution in [3.05, 3.63) is 76.8 Å². The lowest BCUT2D eigenvalue weighted by Gasteiger charge is -2.11. The molecule has 0 fully saturated rings. The summed E-state index contributed by atoms with van der Waals surface area (Å²) in [4.78, 5) is 16.1. The number of aromatic nitrogens is 3. The minimum atomic E-state index is -0.203. The first-order chi connectivity index (χ1) is 14.6. The lowest BCUT2D eigenvalue weighted by Crippen LogP contribution is -2.20. The van der Waals surface area contributed by atoms with Gasteiger partial charge in [-0.15, -0.1) is 0 Å². The van der Waals surface area contributed by atoms with E-state index in [1.165, 1.54) is 12.4 Å². The molecule has 2 aromatic carbocycles. The fraction of sp³-hybridized carbons (Fsp3) is 0.227. The molecule has 1 N–H and O–H groups in total. The molecule has 8 heteroatoms. The zero-order valence-corrected chi connectivity index (χ0v) is 17.6. The van der Waals surface area contributed by atoms with Crippen molar-refractivity contribution in [2.24, 2.45) is 0 Å². The highest BCUT2D eigenvalue weighted by Crippen LogP contribution is 2.36. The number of nitrogens with one attached hydrogen (secondary N) is 1. The van der Waals surface area contributed by atoms with E-state index in [-0.39, 0.29) is 5.91 Å². The van der Waals surface area contributed by atoms with Gasteiger partial charge in [0.15, 0.2) is 11.5 Å². The van der Waals surface area contributed by atoms with E-state index in [1.54, 1.807) is 36.3 Å². The Hall–Kier alpha value is -3.32. The standard InChI is InChI=1S/C22H23ClN4O3/c1-3-30-22-19(23)10-18(11-20(22)29-2)8-9-21(28)25-12-16-4-6-17(7-5-16)13-27-15-24-14-26-27/h4-11,14-15H,3,12-13H2,1-2H3,(H,25,28)/b9-8+. The molecule has 0 saturated heterocycles. The van der Waals surface area contributed by atoms with Crippen molar-refractivity contribution in [1.29, 1.82) is 0 Å². The van der Waals surface area contributed by atoms with Gasteiger partial charge in [0.2, 0.25) is 5.91 Å². The number of methoxy groups -OCH3 is 1. The number of rotatable bonds is 9. The van der Waals surface area contributed by atoms with Crippen LogP contribution in [0.4, 0.5) is 0 Å². The lowest BCUT2D eigenvalue weighted by atomic mass is 10.1. The third-order valence-electron chi connectivity index (χ3n) is 4.27. The van der Waals surface area contributed by atoms with Crippen LogP contribution in [0.25, 0.3) is 6.08 Å². The maximum atomic E-state index is 12.2. The van der Waals surface area contributed by atoms with Crippen LogP contribution in [-0.4, -0.2) is 34.4 Å². The maximum Gasteiger partial charge on any atom is 0.244 e. The smallest absolute Gasteiger partial charge is 0.244 e. The molecule has 30 heavy (non-hydrogen) atoms. The van der Waals surface area contributed by atoms with Crippen molar-refractivity contribution in [1.82, 2.24) is 20.1 Å². The molecule has 0 aliphatic carbocycles. The molecule has 0 saturated carbocycles. The third-order valence-corrected chi connectivity index (χ3v) is 4.55. The van der Waals surface area contributed by atoms with Crippen LogP contribution in [0.5, 0.6) is 11.5 Å². The number of amides is 1. The summed E-state index contributed by atoms with van der Waals surface area (Å²) in [5, 5.41) is 7.39. The number of carbonyl (C=O) groups is 1. The van der Waals surface area contributed by atoms with Crippen LogP contribution in [0.1, 0.15) is 23.6 Å². The number of nitrogens with zero attached hydrogens (tertiary/aromatic N) is 3. The largest absolute Gasteiger partial charge is 0.493 e. The van der Waals surface area contributed by atoms with Crippen LogP contribution >= 0.6 is 11.6 Å². The second kappa shape index (κ2) is 10.5. The lowest BCUT2D eigenvalue weighted by molar-refractivity contribution is -0.116. The van der Waals surface area contributed by atoms with E-state index < -0.39 is 0 Å². The molecule has 0 spiro atoms. The van der Waals surface area contributed by atoms with Gasteiger partial charge < -0.3 is 14.8 Å². The Morgan fingerprint density at radius 2 is 2.00 bits per heavy atom. The Morgan fingerprint density at radius 1 is 1.23 bits per heavy atom. The van der Waals surface area contributed by atoms with Gasteiger partial charge in [0.1, 0.15) is 12.7 Å². The molecule has 0 atom stereocenters. The SMILES string of the molecule is CCOc1c(Cl)cc(/C=C/C(=O)NCc2ccc(Cn3cncn3)cc2)cc1OC. The predicted molar refractivity (Wildman–Crippen MR) is 116 cm³/mol. The highest BCUT2D eigenvalue weighted by Gasteiger charge is 2.10. The van der Waals surface area contributed by atoms with Gasteiger partial charge >= 0.3 is 0 Å². The van der Waals surface area contributed by atoms with Crippen molar-refractivity contribution in [3.8, 4) is 11.5 Å². The van der Waals surface area contributed by atoms with Gasteiger partial charge in [0, 0.05) is 12.6 Å². The van der Waals surface area contributed by atoms with E-state index in [4.69, 9.17) is 21.1 Å². The van der Waals surface area contributed by atoms with E-state index in [0.29, 0.717) is 36.2 Å². The Balaban J connectivity index is 1.55. The highest BCUT2D eigenvalue weighted by atomic mass is 35.5. The van der Waals surface area contributed by atoms with Gasteiger partial charge in [0.05, 0.1) is 25.3 Å². The molecular formula is C22H23ClN4O3. The molecule has 7 nitrogen and oxygen atoms in total. The van der Waals surface area contributed by atoms with Crippen molar-refractivity contribution in [2.45, 2.75) is 20.0 Å². The predicted octanol–water partition coefficient (Wildman–Crippen LogP) is 3.72. The summed E-state index contributed by atoms with van der Waals surface area (Å²) in [6, 6.07) is 11.5. The minimum absolute atomic E-state index is 0.203. The Bertz CT molecular complexity index is 1000. The molecule has 0 aliphatic heterocycles. The number of halogens is 1. The quantitative estimate of drug-likeness (QED) is 0.527. The van der Waals surface area contributed by atoms with Gasteiger partial charge in [-0.25, -0.2) is 9.67 Å². The van der Waals surface area contributed by atoms with Crippen LogP contribution in [0.2, 0.25) is 5.02 Å². The molecule has 0 aliphatic rings. The Labute approximate surface area is 180 Å². The topological polar surface area (TPSA) is 78.3 Å². The second-order valence-electron chi connectivity index (χ2n) is 6.43. The summed E-state index contributed by atoms with van der Waals surface area (Å²) in [6.45, 7) is 3.44. The zero-order chi connectivity index (χ0) is 21.3. The molecular weight excluding hydrogens is 404 g/mol. The van der Waals surface area contributed by atoms with Crippen LogP contribution in [0.3, 0.4) is 0 Å². The molecule has 1 aromatic heterocycles. The first-order valence-electron chi connectivity index (χ1n) is 9.45. The van der Waals surface area contributed by atoms with E-state index in [0.717, 1.165) is 16.7 Å². The van der Waals surface area contributed by atoms with Crippen molar-refractivity contribution in [2.75, 3.05) is 13.7 Å². The van der Waals surface area contributed by atoms with Gasteiger partial charge in [-0.3, -0.25) is 4.79 Å². The summed E-state index contributed by atoms with van der Waals surface area (Å²) in [5.74, 6) is 0.816. The summed E-state index contributed by atoms with van der Waals surface area (Å²) in [5.41, 5.74) is 2.86. The zero-order valence-electron chi connectivity index (χ0n) is 16.8. The number of carbonyl (C=O) groups excluding carboxylic acids is 1. The van der Waals surface area contributed by atoms with Crippen LogP contribution < -0.4 is 14.8 Å². The van der Waals surface area contributed by atoms with Crippen molar-refractivity contribution >= 4 is 23.6 Å². The van der Waals surface area contributed by atoms with Gasteiger partial charge in [-0.05, 0) is 41.8 Å². The van der Waals surface area contributed by atoms with Crippen LogP contribution in [0, 0.1) is 0 Å². The summed E-state index contributed by atoms with van der Waals surface area (Å²) >= 11 is 6.26. The van der Waals surface area contributed by atoms with Gasteiger partial charge in [-0.2, -0.15) is 5.10 Å². The van der Waals surface area contributed by atoms with Crippen molar-refractivity contribution < 1.29 is 14.3 Å². The van der Waals surface area contributed by atoms with E-state index in [9.17, 15) is 4.79 Å². The number of benzene rings is 2. The Morgan fingerprint density at radius 3 is 2.67 bits per heavy atom. The minimum Gasteiger partial charge on any atom is -0.493 e. The molecule has 1 amide bonds. The molecule has 0 radical (unpaired) electrons. The van der Waals surface area contributed by atoms with Crippen LogP contribution in [0.15, 0.2) is 55.1 Å². The molecule has 0 bridgehead atoms. The maximum absolute atomic E-state index is 12.2. The molecule has 0 unspecified atom stereocenters. The van der Waals surface area contributed by atoms with E-state index in [1.807, 2.05) is 31.2 Å².